The van der Waals surface area contributed by atoms with E-state index in [2.05, 4.69) is 9.88 Å². The van der Waals surface area contributed by atoms with Crippen molar-refractivity contribution in [1.82, 2.24) is 14.5 Å². The SMILES string of the molecule is COCCCN(CCOC)C(CN)c1cncn1C. The molecule has 1 unspecified atom stereocenters. The van der Waals surface area contributed by atoms with Gasteiger partial charge in [0, 0.05) is 53.7 Å². The second kappa shape index (κ2) is 9.03. The van der Waals surface area contributed by atoms with Gasteiger partial charge in [-0.25, -0.2) is 4.98 Å². The van der Waals surface area contributed by atoms with Crippen molar-refractivity contribution in [3.8, 4) is 0 Å². The zero-order chi connectivity index (χ0) is 14.1. The van der Waals surface area contributed by atoms with Gasteiger partial charge in [0.1, 0.15) is 0 Å². The number of hydrogen-bond acceptors (Lipinski definition) is 5. The Bertz CT molecular complexity index is 343. The zero-order valence-corrected chi connectivity index (χ0v) is 12.2. The Hall–Kier alpha value is -0.950. The Labute approximate surface area is 115 Å². The van der Waals surface area contributed by atoms with Crippen molar-refractivity contribution in [3.63, 3.8) is 0 Å². The topological polar surface area (TPSA) is 65.5 Å². The molecule has 0 saturated heterocycles. The molecule has 1 aromatic rings. The van der Waals surface area contributed by atoms with Gasteiger partial charge in [-0.1, -0.05) is 0 Å². The molecule has 0 aliphatic rings. The van der Waals surface area contributed by atoms with Gasteiger partial charge in [0.2, 0.25) is 0 Å². The average molecular weight is 270 g/mol. The third-order valence-corrected chi connectivity index (χ3v) is 3.24. The van der Waals surface area contributed by atoms with Gasteiger partial charge in [-0.05, 0) is 6.42 Å². The maximum atomic E-state index is 5.95. The zero-order valence-electron chi connectivity index (χ0n) is 12.2. The van der Waals surface area contributed by atoms with Crippen molar-refractivity contribution >= 4 is 0 Å². The van der Waals surface area contributed by atoms with Gasteiger partial charge in [-0.2, -0.15) is 0 Å². The van der Waals surface area contributed by atoms with Gasteiger partial charge in [-0.15, -0.1) is 0 Å². The molecule has 0 spiro atoms. The Morgan fingerprint density at radius 1 is 1.32 bits per heavy atom. The summed E-state index contributed by atoms with van der Waals surface area (Å²) in [7, 11) is 5.44. The third-order valence-electron chi connectivity index (χ3n) is 3.24. The highest BCUT2D eigenvalue weighted by molar-refractivity contribution is 5.06. The number of nitrogens with two attached hydrogens (primary N) is 1. The summed E-state index contributed by atoms with van der Waals surface area (Å²) >= 11 is 0. The van der Waals surface area contributed by atoms with Crippen molar-refractivity contribution < 1.29 is 9.47 Å². The smallest absolute Gasteiger partial charge is 0.0946 e. The van der Waals surface area contributed by atoms with E-state index >= 15 is 0 Å². The first-order chi connectivity index (χ1) is 9.24. The number of rotatable bonds is 10. The molecule has 1 rings (SSSR count). The number of aromatic nitrogens is 2. The quantitative estimate of drug-likeness (QED) is 0.624. The Morgan fingerprint density at radius 3 is 2.58 bits per heavy atom. The lowest BCUT2D eigenvalue weighted by Gasteiger charge is -2.30. The van der Waals surface area contributed by atoms with Crippen LogP contribution in [0.3, 0.4) is 0 Å². The van der Waals surface area contributed by atoms with Crippen molar-refractivity contribution in [2.75, 3.05) is 47.1 Å². The van der Waals surface area contributed by atoms with Gasteiger partial charge in [0.25, 0.3) is 0 Å². The van der Waals surface area contributed by atoms with E-state index in [4.69, 9.17) is 15.2 Å². The molecule has 6 nitrogen and oxygen atoms in total. The summed E-state index contributed by atoms with van der Waals surface area (Å²) in [5.74, 6) is 0. The lowest BCUT2D eigenvalue weighted by molar-refractivity contribution is 0.106. The lowest BCUT2D eigenvalue weighted by Crippen LogP contribution is -2.38. The molecule has 0 bridgehead atoms. The molecule has 110 valence electrons. The Balaban J connectivity index is 2.71. The molecule has 0 radical (unpaired) electrons. The number of imidazole rings is 1. The summed E-state index contributed by atoms with van der Waals surface area (Å²) < 4.78 is 12.3. The maximum Gasteiger partial charge on any atom is 0.0946 e. The highest BCUT2D eigenvalue weighted by atomic mass is 16.5. The molecular weight excluding hydrogens is 244 g/mol. The fraction of sp³-hybridized carbons (Fsp3) is 0.769. The highest BCUT2D eigenvalue weighted by Crippen LogP contribution is 2.18. The minimum Gasteiger partial charge on any atom is -0.385 e. The van der Waals surface area contributed by atoms with Crippen LogP contribution in [0.2, 0.25) is 0 Å². The Kier molecular flexibility index (Phi) is 7.66. The summed E-state index contributed by atoms with van der Waals surface area (Å²) in [6.45, 7) is 3.81. The van der Waals surface area contributed by atoms with Gasteiger partial charge < -0.3 is 19.8 Å². The molecule has 6 heteroatoms. The third kappa shape index (κ3) is 4.91. The molecule has 19 heavy (non-hydrogen) atoms. The van der Waals surface area contributed by atoms with Gasteiger partial charge in [0.05, 0.1) is 24.7 Å². The minimum absolute atomic E-state index is 0.166. The van der Waals surface area contributed by atoms with E-state index in [9.17, 15) is 0 Å². The molecule has 1 atom stereocenters. The molecule has 0 saturated carbocycles. The lowest BCUT2D eigenvalue weighted by atomic mass is 10.1. The van der Waals surface area contributed by atoms with E-state index in [1.54, 1.807) is 14.2 Å². The van der Waals surface area contributed by atoms with Crippen molar-refractivity contribution in [2.24, 2.45) is 12.8 Å². The normalized spacial score (nSPS) is 13.1. The van der Waals surface area contributed by atoms with Crippen LogP contribution < -0.4 is 5.73 Å². The number of ether oxygens (including phenoxy) is 2. The van der Waals surface area contributed by atoms with Crippen LogP contribution in [0.25, 0.3) is 0 Å². The molecule has 1 aromatic heterocycles. The largest absolute Gasteiger partial charge is 0.385 e. The van der Waals surface area contributed by atoms with Crippen LogP contribution in [-0.2, 0) is 16.5 Å². The van der Waals surface area contributed by atoms with Gasteiger partial charge in [0.15, 0.2) is 0 Å². The molecule has 0 fully saturated rings. The maximum absolute atomic E-state index is 5.95. The molecular formula is C13H26N4O2. The molecule has 2 N–H and O–H groups in total. The monoisotopic (exact) mass is 270 g/mol. The van der Waals surface area contributed by atoms with Crippen molar-refractivity contribution in [3.05, 3.63) is 18.2 Å². The van der Waals surface area contributed by atoms with Crippen LogP contribution in [0.4, 0.5) is 0 Å². The van der Waals surface area contributed by atoms with E-state index in [1.165, 1.54) is 0 Å². The molecule has 1 heterocycles. The first-order valence-electron chi connectivity index (χ1n) is 6.62. The number of methoxy groups -OCH3 is 2. The van der Waals surface area contributed by atoms with E-state index in [1.807, 2.05) is 24.1 Å². The minimum atomic E-state index is 0.166. The molecule has 0 aliphatic heterocycles. The van der Waals surface area contributed by atoms with E-state index < -0.39 is 0 Å². The summed E-state index contributed by atoms with van der Waals surface area (Å²) in [6.07, 6.45) is 4.67. The first kappa shape index (κ1) is 16.1. The molecule has 0 aliphatic carbocycles. The number of nitrogens with zero attached hydrogens (tertiary/aromatic N) is 3. The van der Waals surface area contributed by atoms with Crippen LogP contribution in [0, 0.1) is 0 Å². The van der Waals surface area contributed by atoms with E-state index in [-0.39, 0.29) is 6.04 Å². The second-order valence-electron chi connectivity index (χ2n) is 4.56. The van der Waals surface area contributed by atoms with Crippen LogP contribution in [0.5, 0.6) is 0 Å². The molecule has 0 amide bonds. The fourth-order valence-electron chi connectivity index (χ4n) is 2.19. The van der Waals surface area contributed by atoms with Crippen LogP contribution >= 0.6 is 0 Å². The van der Waals surface area contributed by atoms with E-state index in [0.29, 0.717) is 13.2 Å². The van der Waals surface area contributed by atoms with E-state index in [0.717, 1.165) is 31.8 Å². The van der Waals surface area contributed by atoms with Gasteiger partial charge in [-0.3, -0.25) is 4.90 Å². The number of aryl methyl sites for hydroxylation is 1. The fourth-order valence-corrected chi connectivity index (χ4v) is 2.19. The first-order valence-corrected chi connectivity index (χ1v) is 6.62. The molecule has 0 aromatic carbocycles. The highest BCUT2D eigenvalue weighted by Gasteiger charge is 2.21. The summed E-state index contributed by atoms with van der Waals surface area (Å²) in [5, 5.41) is 0. The average Bonchev–Trinajstić information content (AvgIpc) is 2.83. The van der Waals surface area contributed by atoms with Crippen molar-refractivity contribution in [2.45, 2.75) is 12.5 Å². The van der Waals surface area contributed by atoms with Crippen molar-refractivity contribution in [1.29, 1.82) is 0 Å². The van der Waals surface area contributed by atoms with Crippen LogP contribution in [0.1, 0.15) is 18.2 Å². The summed E-state index contributed by atoms with van der Waals surface area (Å²) in [4.78, 5) is 6.51. The number of hydrogen-bond donors (Lipinski definition) is 1. The standard InChI is InChI=1S/C13H26N4O2/c1-16-11-15-10-13(16)12(9-14)17(6-8-19-3)5-4-7-18-2/h10-12H,4-9,14H2,1-3H3. The summed E-state index contributed by atoms with van der Waals surface area (Å²) in [5.41, 5.74) is 7.09. The second-order valence-corrected chi connectivity index (χ2v) is 4.56. The summed E-state index contributed by atoms with van der Waals surface area (Å²) in [6, 6.07) is 0.166. The predicted octanol–water partition coefficient (Wildman–Crippen LogP) is 0.405. The Morgan fingerprint density at radius 2 is 2.05 bits per heavy atom. The van der Waals surface area contributed by atoms with Crippen LogP contribution in [0.15, 0.2) is 12.5 Å². The van der Waals surface area contributed by atoms with Gasteiger partial charge >= 0.3 is 0 Å². The predicted molar refractivity (Wildman–Crippen MR) is 74.9 cm³/mol. The van der Waals surface area contributed by atoms with Crippen LogP contribution in [-0.4, -0.2) is 61.5 Å².